The molecule has 0 fully saturated rings. The molecule has 1 amide bonds. The second kappa shape index (κ2) is 9.12. The number of nitrogens with one attached hydrogen (secondary N) is 2. The van der Waals surface area contributed by atoms with Crippen LogP contribution in [0.25, 0.3) is 0 Å². The highest BCUT2D eigenvalue weighted by Crippen LogP contribution is 2.32. The molecule has 0 aliphatic rings. The molecular formula is C23H17N5O3. The highest BCUT2D eigenvalue weighted by atomic mass is 16.5. The van der Waals surface area contributed by atoms with E-state index in [-0.39, 0.29) is 11.1 Å². The van der Waals surface area contributed by atoms with Gasteiger partial charge in [0.15, 0.2) is 0 Å². The predicted octanol–water partition coefficient (Wildman–Crippen LogP) is 3.80. The lowest BCUT2D eigenvalue weighted by Gasteiger charge is -2.17. The van der Waals surface area contributed by atoms with Gasteiger partial charge in [0.05, 0.1) is 52.9 Å². The standard InChI is InChI=1S/C23H17N5O3/c1-31-23(30)19-11-21(28-17-7-3-5-15(9-17)13-25)20(10-18(19)22(26)29)27-16-6-2-4-14(8-16)12-24/h2-11,27-28H,1H3,(H2,26,29). The Hall–Kier alpha value is -4.82. The van der Waals surface area contributed by atoms with Crippen molar-refractivity contribution in [2.24, 2.45) is 5.73 Å². The zero-order chi connectivity index (χ0) is 22.4. The van der Waals surface area contributed by atoms with Gasteiger partial charge >= 0.3 is 5.97 Å². The summed E-state index contributed by atoms with van der Waals surface area (Å²) >= 11 is 0. The van der Waals surface area contributed by atoms with Crippen molar-refractivity contribution in [1.29, 1.82) is 10.5 Å². The van der Waals surface area contributed by atoms with E-state index in [1.807, 2.05) is 0 Å². The maximum atomic E-state index is 12.2. The fourth-order valence-corrected chi connectivity index (χ4v) is 2.93. The highest BCUT2D eigenvalue weighted by molar-refractivity contribution is 6.07. The lowest BCUT2D eigenvalue weighted by molar-refractivity contribution is 0.0597. The molecule has 0 spiro atoms. The Bertz CT molecular complexity index is 1250. The maximum Gasteiger partial charge on any atom is 0.338 e. The molecule has 0 atom stereocenters. The Balaban J connectivity index is 2.14. The molecule has 3 aromatic rings. The first kappa shape index (κ1) is 20.9. The fraction of sp³-hybridized carbons (Fsp3) is 0.0435. The molecule has 0 unspecified atom stereocenters. The molecule has 0 saturated heterocycles. The number of carbonyl (C=O) groups excluding carboxylic acids is 2. The largest absolute Gasteiger partial charge is 0.465 e. The summed E-state index contributed by atoms with van der Waals surface area (Å²) in [6, 6.07) is 20.5. The van der Waals surface area contributed by atoms with Gasteiger partial charge in [-0.2, -0.15) is 10.5 Å². The van der Waals surface area contributed by atoms with E-state index in [1.165, 1.54) is 19.2 Å². The zero-order valence-corrected chi connectivity index (χ0v) is 16.5. The molecule has 4 N–H and O–H groups in total. The summed E-state index contributed by atoms with van der Waals surface area (Å²) in [5.74, 6) is -1.52. The minimum absolute atomic E-state index is 0.00902. The number of ether oxygens (including phenoxy) is 1. The number of anilines is 4. The lowest BCUT2D eigenvalue weighted by Crippen LogP contribution is -2.18. The van der Waals surface area contributed by atoms with Gasteiger partial charge in [-0.25, -0.2) is 4.79 Å². The number of hydrogen-bond donors (Lipinski definition) is 3. The topological polar surface area (TPSA) is 141 Å². The molecule has 0 bridgehead atoms. The molecule has 8 nitrogen and oxygen atoms in total. The van der Waals surface area contributed by atoms with Crippen molar-refractivity contribution < 1.29 is 14.3 Å². The molecule has 0 heterocycles. The summed E-state index contributed by atoms with van der Waals surface area (Å²) < 4.78 is 4.78. The molecule has 0 radical (unpaired) electrons. The van der Waals surface area contributed by atoms with E-state index in [1.54, 1.807) is 48.5 Å². The van der Waals surface area contributed by atoms with Crippen molar-refractivity contribution in [3.8, 4) is 12.1 Å². The van der Waals surface area contributed by atoms with Gasteiger partial charge in [0.25, 0.3) is 0 Å². The molecule has 0 aliphatic heterocycles. The minimum atomic E-state index is -0.799. The van der Waals surface area contributed by atoms with Crippen LogP contribution in [0.1, 0.15) is 31.8 Å². The Morgan fingerprint density at radius 2 is 1.32 bits per heavy atom. The van der Waals surface area contributed by atoms with E-state index in [2.05, 4.69) is 22.8 Å². The number of hydrogen-bond acceptors (Lipinski definition) is 7. The van der Waals surface area contributed by atoms with Gasteiger partial charge in [-0.1, -0.05) is 12.1 Å². The van der Waals surface area contributed by atoms with Crippen molar-refractivity contribution in [3.63, 3.8) is 0 Å². The fourth-order valence-electron chi connectivity index (χ4n) is 2.93. The molecule has 0 saturated carbocycles. The zero-order valence-electron chi connectivity index (χ0n) is 16.5. The van der Waals surface area contributed by atoms with Gasteiger partial charge in [0.1, 0.15) is 0 Å². The second-order valence-corrected chi connectivity index (χ2v) is 6.43. The minimum Gasteiger partial charge on any atom is -0.465 e. The number of nitriles is 2. The third-order valence-electron chi connectivity index (χ3n) is 4.37. The monoisotopic (exact) mass is 411 g/mol. The number of primary amides is 1. The van der Waals surface area contributed by atoms with Crippen LogP contribution in [0, 0.1) is 22.7 Å². The van der Waals surface area contributed by atoms with Gasteiger partial charge in [0, 0.05) is 11.4 Å². The van der Waals surface area contributed by atoms with Crippen molar-refractivity contribution in [2.45, 2.75) is 0 Å². The lowest BCUT2D eigenvalue weighted by atomic mass is 10.0. The van der Waals surface area contributed by atoms with Crippen LogP contribution >= 0.6 is 0 Å². The third kappa shape index (κ3) is 4.78. The Kier molecular flexibility index (Phi) is 6.15. The van der Waals surface area contributed by atoms with Gasteiger partial charge < -0.3 is 21.1 Å². The van der Waals surface area contributed by atoms with E-state index >= 15 is 0 Å². The molecule has 8 heteroatoms. The number of esters is 1. The van der Waals surface area contributed by atoms with E-state index in [4.69, 9.17) is 21.0 Å². The summed E-state index contributed by atoms with van der Waals surface area (Å²) in [5, 5.41) is 24.6. The van der Waals surface area contributed by atoms with Crippen LogP contribution in [0.4, 0.5) is 22.7 Å². The smallest absolute Gasteiger partial charge is 0.338 e. The highest BCUT2D eigenvalue weighted by Gasteiger charge is 2.20. The van der Waals surface area contributed by atoms with Crippen LogP contribution in [-0.4, -0.2) is 19.0 Å². The normalized spacial score (nSPS) is 9.77. The molecule has 0 aliphatic carbocycles. The molecule has 0 aromatic heterocycles. The molecule has 3 aromatic carbocycles. The number of carbonyl (C=O) groups is 2. The SMILES string of the molecule is COC(=O)c1cc(Nc2cccc(C#N)c2)c(Nc2cccc(C#N)c2)cc1C(N)=O. The Morgan fingerprint density at radius 1 is 0.839 bits per heavy atom. The van der Waals surface area contributed by atoms with Gasteiger partial charge in [-0.05, 0) is 48.5 Å². The van der Waals surface area contributed by atoms with Gasteiger partial charge in [-0.3, -0.25) is 4.79 Å². The summed E-state index contributed by atoms with van der Waals surface area (Å²) in [6.45, 7) is 0. The molecule has 152 valence electrons. The first-order valence-corrected chi connectivity index (χ1v) is 9.05. The van der Waals surface area contributed by atoms with E-state index in [0.29, 0.717) is 33.9 Å². The average molecular weight is 411 g/mol. The maximum absolute atomic E-state index is 12.2. The third-order valence-corrected chi connectivity index (χ3v) is 4.37. The van der Waals surface area contributed by atoms with E-state index in [9.17, 15) is 9.59 Å². The number of benzene rings is 3. The average Bonchev–Trinajstić information content (AvgIpc) is 2.79. The predicted molar refractivity (Wildman–Crippen MR) is 115 cm³/mol. The van der Waals surface area contributed by atoms with Crippen molar-refractivity contribution in [2.75, 3.05) is 17.7 Å². The van der Waals surface area contributed by atoms with E-state index in [0.717, 1.165) is 0 Å². The molecular weight excluding hydrogens is 394 g/mol. The van der Waals surface area contributed by atoms with Crippen LogP contribution in [0.2, 0.25) is 0 Å². The second-order valence-electron chi connectivity index (χ2n) is 6.43. The number of rotatable bonds is 6. The Morgan fingerprint density at radius 3 is 1.74 bits per heavy atom. The summed E-state index contributed by atoms with van der Waals surface area (Å²) in [6.07, 6.45) is 0. The number of amides is 1. The number of nitrogens with two attached hydrogens (primary N) is 1. The number of nitrogens with zero attached hydrogens (tertiary/aromatic N) is 2. The van der Waals surface area contributed by atoms with Crippen molar-refractivity contribution >= 4 is 34.6 Å². The van der Waals surface area contributed by atoms with Crippen LogP contribution in [0.3, 0.4) is 0 Å². The van der Waals surface area contributed by atoms with Crippen LogP contribution in [0.15, 0.2) is 60.7 Å². The van der Waals surface area contributed by atoms with Gasteiger partial charge in [0.2, 0.25) is 5.91 Å². The van der Waals surface area contributed by atoms with Crippen molar-refractivity contribution in [3.05, 3.63) is 82.9 Å². The van der Waals surface area contributed by atoms with E-state index < -0.39 is 11.9 Å². The number of methoxy groups -OCH3 is 1. The van der Waals surface area contributed by atoms with Crippen molar-refractivity contribution in [1.82, 2.24) is 0 Å². The van der Waals surface area contributed by atoms with Crippen LogP contribution in [0.5, 0.6) is 0 Å². The summed E-state index contributed by atoms with van der Waals surface area (Å²) in [5.41, 5.74) is 8.39. The van der Waals surface area contributed by atoms with Crippen LogP contribution < -0.4 is 16.4 Å². The van der Waals surface area contributed by atoms with Gasteiger partial charge in [-0.15, -0.1) is 0 Å². The Labute approximate surface area is 178 Å². The first-order valence-electron chi connectivity index (χ1n) is 9.05. The summed E-state index contributed by atoms with van der Waals surface area (Å²) in [7, 11) is 1.20. The molecule has 3 rings (SSSR count). The summed E-state index contributed by atoms with van der Waals surface area (Å²) in [4.78, 5) is 24.2. The first-order chi connectivity index (χ1) is 14.9. The van der Waals surface area contributed by atoms with Crippen LogP contribution in [-0.2, 0) is 4.74 Å². The molecule has 31 heavy (non-hydrogen) atoms. The quantitative estimate of drug-likeness (QED) is 0.524.